The molecule has 0 fully saturated rings. The Balaban J connectivity index is 1.52. The van der Waals surface area contributed by atoms with Crippen molar-refractivity contribution in [2.45, 2.75) is 25.8 Å². The van der Waals surface area contributed by atoms with E-state index in [2.05, 4.69) is 4.57 Å². The fourth-order valence-corrected chi connectivity index (χ4v) is 5.10. The van der Waals surface area contributed by atoms with Gasteiger partial charge in [0.15, 0.2) is 0 Å². The Morgan fingerprint density at radius 2 is 1.64 bits per heavy atom. The highest BCUT2D eigenvalue weighted by molar-refractivity contribution is 6.30. The highest BCUT2D eigenvalue weighted by Crippen LogP contribution is 2.42. The molecule has 5 rings (SSSR count). The number of nitro groups is 1. The second kappa shape index (κ2) is 11.1. The normalized spacial score (nSPS) is 13.9. The highest BCUT2D eigenvalue weighted by Gasteiger charge is 2.37. The quantitative estimate of drug-likeness (QED) is 0.190. The molecule has 4 aromatic rings. The van der Waals surface area contributed by atoms with E-state index in [-0.39, 0.29) is 24.0 Å². The van der Waals surface area contributed by atoms with Crippen LogP contribution in [0.5, 0.6) is 0 Å². The molecule has 0 saturated heterocycles. The van der Waals surface area contributed by atoms with Gasteiger partial charge in [0.2, 0.25) is 5.91 Å². The van der Waals surface area contributed by atoms with Crippen LogP contribution in [0.2, 0.25) is 5.02 Å². The molecule has 0 saturated carbocycles. The number of non-ortho nitro benzene ring substituents is 1. The molecule has 1 aromatic heterocycles. The van der Waals surface area contributed by atoms with Gasteiger partial charge < -0.3 is 9.47 Å². The van der Waals surface area contributed by atoms with Crippen LogP contribution in [0.25, 0.3) is 5.69 Å². The molecule has 0 aliphatic carbocycles. The van der Waals surface area contributed by atoms with E-state index in [1.54, 1.807) is 17.0 Å². The molecule has 1 atom stereocenters. The van der Waals surface area contributed by atoms with Gasteiger partial charge in [0.25, 0.3) is 11.6 Å². The standard InChI is InChI=1S/C30H27ClN4O4/c1-2-3-18-32(30(37)22-12-16-24(17-13-22)35(38)39)20-28(36)34-26-8-5-4-7-25(26)33-19-6-9-27(33)29(34)21-10-14-23(31)15-11-21/h4-17,19,29H,2-3,18,20H2,1H3. The lowest BCUT2D eigenvalue weighted by molar-refractivity contribution is -0.384. The highest BCUT2D eigenvalue weighted by atomic mass is 35.5. The molecule has 3 aromatic carbocycles. The summed E-state index contributed by atoms with van der Waals surface area (Å²) in [7, 11) is 0. The van der Waals surface area contributed by atoms with Crippen LogP contribution in [-0.4, -0.2) is 39.3 Å². The zero-order valence-corrected chi connectivity index (χ0v) is 22.1. The average Bonchev–Trinajstić information content (AvgIpc) is 3.45. The summed E-state index contributed by atoms with van der Waals surface area (Å²) >= 11 is 6.18. The minimum absolute atomic E-state index is 0.0959. The smallest absolute Gasteiger partial charge is 0.269 e. The summed E-state index contributed by atoms with van der Waals surface area (Å²) in [5.74, 6) is -0.579. The molecule has 0 bridgehead atoms. The summed E-state index contributed by atoms with van der Waals surface area (Å²) in [6, 6.07) is 24.1. The molecule has 1 unspecified atom stereocenters. The van der Waals surface area contributed by atoms with E-state index in [0.29, 0.717) is 23.6 Å². The van der Waals surface area contributed by atoms with Gasteiger partial charge in [0.1, 0.15) is 12.6 Å². The second-order valence-corrected chi connectivity index (χ2v) is 9.83. The summed E-state index contributed by atoms with van der Waals surface area (Å²) in [6.45, 7) is 2.26. The van der Waals surface area contributed by atoms with Crippen molar-refractivity contribution in [3.05, 3.63) is 123 Å². The Bertz CT molecular complexity index is 1510. The number of fused-ring (bicyclic) bond motifs is 3. The maximum absolute atomic E-state index is 14.2. The molecule has 2 amide bonds. The van der Waals surface area contributed by atoms with E-state index in [9.17, 15) is 19.7 Å². The third-order valence-corrected chi connectivity index (χ3v) is 7.15. The number of hydrogen-bond donors (Lipinski definition) is 0. The molecule has 0 radical (unpaired) electrons. The van der Waals surface area contributed by atoms with E-state index in [1.165, 1.54) is 29.2 Å². The number of carbonyl (C=O) groups excluding carboxylic acids is 2. The lowest BCUT2D eigenvalue weighted by atomic mass is 9.97. The number of unbranched alkanes of at least 4 members (excludes halogenated alkanes) is 1. The number of rotatable bonds is 8. The molecule has 0 spiro atoms. The molecule has 2 heterocycles. The van der Waals surface area contributed by atoms with Crippen molar-refractivity contribution in [3.63, 3.8) is 0 Å². The first-order valence-electron chi connectivity index (χ1n) is 12.8. The second-order valence-electron chi connectivity index (χ2n) is 9.39. The summed E-state index contributed by atoms with van der Waals surface area (Å²) in [5.41, 5.74) is 3.63. The van der Waals surface area contributed by atoms with Crippen molar-refractivity contribution in [2.75, 3.05) is 18.0 Å². The third kappa shape index (κ3) is 5.15. The number of amides is 2. The first-order chi connectivity index (χ1) is 18.9. The fraction of sp³-hybridized carbons (Fsp3) is 0.200. The van der Waals surface area contributed by atoms with Crippen molar-refractivity contribution < 1.29 is 14.5 Å². The molecular weight excluding hydrogens is 516 g/mol. The number of para-hydroxylation sites is 2. The first kappa shape index (κ1) is 26.2. The van der Waals surface area contributed by atoms with Gasteiger partial charge in [0.05, 0.1) is 22.0 Å². The van der Waals surface area contributed by atoms with Crippen molar-refractivity contribution in [1.82, 2.24) is 9.47 Å². The van der Waals surface area contributed by atoms with E-state index in [4.69, 9.17) is 11.6 Å². The monoisotopic (exact) mass is 542 g/mol. The van der Waals surface area contributed by atoms with Crippen LogP contribution in [0.1, 0.15) is 47.4 Å². The van der Waals surface area contributed by atoms with Crippen LogP contribution in [-0.2, 0) is 4.79 Å². The predicted octanol–water partition coefficient (Wildman–Crippen LogP) is 6.42. The Labute approximate surface area is 231 Å². The number of nitro benzene ring substituents is 1. The molecule has 198 valence electrons. The maximum Gasteiger partial charge on any atom is 0.269 e. The van der Waals surface area contributed by atoms with Gasteiger partial charge in [0, 0.05) is 35.5 Å². The zero-order chi connectivity index (χ0) is 27.5. The van der Waals surface area contributed by atoms with Gasteiger partial charge in [-0.3, -0.25) is 24.6 Å². The van der Waals surface area contributed by atoms with Crippen molar-refractivity contribution in [1.29, 1.82) is 0 Å². The molecule has 9 heteroatoms. The number of benzene rings is 3. The van der Waals surface area contributed by atoms with Crippen molar-refractivity contribution in [2.24, 2.45) is 0 Å². The number of nitrogens with zero attached hydrogens (tertiary/aromatic N) is 4. The molecule has 1 aliphatic heterocycles. The minimum atomic E-state index is -0.507. The summed E-state index contributed by atoms with van der Waals surface area (Å²) in [4.78, 5) is 41.6. The van der Waals surface area contributed by atoms with Crippen LogP contribution in [0, 0.1) is 10.1 Å². The molecule has 0 N–H and O–H groups in total. The summed E-state index contributed by atoms with van der Waals surface area (Å²) < 4.78 is 2.08. The topological polar surface area (TPSA) is 88.7 Å². The van der Waals surface area contributed by atoms with Crippen molar-refractivity contribution >= 4 is 34.8 Å². The average molecular weight is 543 g/mol. The number of hydrogen-bond acceptors (Lipinski definition) is 4. The van der Waals surface area contributed by atoms with E-state index in [1.807, 2.05) is 61.7 Å². The number of aromatic nitrogens is 1. The molecule has 1 aliphatic rings. The summed E-state index contributed by atoms with van der Waals surface area (Å²) in [6.07, 6.45) is 3.53. The van der Waals surface area contributed by atoms with Gasteiger partial charge in [-0.2, -0.15) is 0 Å². The minimum Gasteiger partial charge on any atom is -0.329 e. The van der Waals surface area contributed by atoms with E-state index in [0.717, 1.165) is 29.1 Å². The van der Waals surface area contributed by atoms with Gasteiger partial charge in [-0.05, 0) is 60.5 Å². The molecule has 39 heavy (non-hydrogen) atoms. The first-order valence-corrected chi connectivity index (χ1v) is 13.1. The number of halogens is 1. The maximum atomic E-state index is 14.2. The van der Waals surface area contributed by atoms with E-state index >= 15 is 0 Å². The Kier molecular flexibility index (Phi) is 7.47. The van der Waals surface area contributed by atoms with Crippen LogP contribution in [0.15, 0.2) is 91.1 Å². The van der Waals surface area contributed by atoms with Gasteiger partial charge in [-0.1, -0.05) is 49.2 Å². The Hall–Kier alpha value is -4.43. The lowest BCUT2D eigenvalue weighted by Crippen LogP contribution is -2.47. The lowest BCUT2D eigenvalue weighted by Gasteiger charge is -2.39. The largest absolute Gasteiger partial charge is 0.329 e. The summed E-state index contributed by atoms with van der Waals surface area (Å²) in [5, 5.41) is 11.7. The fourth-order valence-electron chi connectivity index (χ4n) is 4.97. The third-order valence-electron chi connectivity index (χ3n) is 6.89. The van der Waals surface area contributed by atoms with Crippen LogP contribution >= 0.6 is 11.6 Å². The Morgan fingerprint density at radius 1 is 0.949 bits per heavy atom. The Morgan fingerprint density at radius 3 is 2.31 bits per heavy atom. The van der Waals surface area contributed by atoms with Crippen LogP contribution in [0.3, 0.4) is 0 Å². The predicted molar refractivity (Wildman–Crippen MR) is 150 cm³/mol. The van der Waals surface area contributed by atoms with E-state index < -0.39 is 11.0 Å². The number of carbonyl (C=O) groups is 2. The van der Waals surface area contributed by atoms with Crippen LogP contribution < -0.4 is 4.90 Å². The zero-order valence-electron chi connectivity index (χ0n) is 21.4. The molecule has 8 nitrogen and oxygen atoms in total. The van der Waals surface area contributed by atoms with Crippen molar-refractivity contribution in [3.8, 4) is 5.69 Å². The number of anilines is 1. The van der Waals surface area contributed by atoms with Crippen LogP contribution in [0.4, 0.5) is 11.4 Å². The molecular formula is C30H27ClN4O4. The van der Waals surface area contributed by atoms with Gasteiger partial charge in [-0.15, -0.1) is 0 Å². The SMILES string of the molecule is CCCCN(CC(=O)N1c2ccccc2-n2cccc2C1c1ccc(Cl)cc1)C(=O)c1ccc([N+](=O)[O-])cc1. The van der Waals surface area contributed by atoms with Gasteiger partial charge in [-0.25, -0.2) is 0 Å². The van der Waals surface area contributed by atoms with Gasteiger partial charge >= 0.3 is 0 Å².